The number of aromatic nitrogens is 13. The fraction of sp³-hybridized carbons (Fsp3) is 0. The predicted molar refractivity (Wildman–Crippen MR) is 226 cm³/mol. The average Bonchev–Trinajstić information content (AvgIpc) is 4.20. The molecule has 0 saturated carbocycles. The normalized spacial score (nSPS) is 8.00. The van der Waals surface area contributed by atoms with Crippen LogP contribution in [0.5, 0.6) is 0 Å². The van der Waals surface area contributed by atoms with Gasteiger partial charge in [0.25, 0.3) is 0 Å². The molecule has 0 fully saturated rings. The Morgan fingerprint density at radius 2 is 1.10 bits per heavy atom. The second-order valence-electron chi connectivity index (χ2n) is 8.70. The average molecular weight is 836 g/mol. The first-order valence-electron chi connectivity index (χ1n) is 16.4. The highest BCUT2D eigenvalue weighted by atomic mass is 32.1. The zero-order valence-electron chi connectivity index (χ0n) is 30.9. The maximum absolute atomic E-state index is 4.58. The molecule has 0 aromatic carbocycles. The fourth-order valence-electron chi connectivity index (χ4n) is 2.41. The van der Waals surface area contributed by atoms with Gasteiger partial charge in [0.2, 0.25) is 0 Å². The summed E-state index contributed by atoms with van der Waals surface area (Å²) in [5, 5.41) is 24.6. The van der Waals surface area contributed by atoms with Crippen molar-refractivity contribution in [2.45, 2.75) is 0 Å². The largest absolute Gasteiger partial charge is 0.473 e. The number of thiophene rings is 1. The molecule has 11 heterocycles. The maximum atomic E-state index is 4.58. The van der Waals surface area contributed by atoms with Crippen molar-refractivity contribution in [3.8, 4) is 0 Å². The molecular formula is C39H41N13O3S3. The first-order chi connectivity index (χ1) is 29.0. The molecule has 11 aromatic rings. The van der Waals surface area contributed by atoms with E-state index >= 15 is 0 Å². The number of pyridine rings is 1. The molecule has 0 aliphatic rings. The lowest BCUT2D eigenvalue weighted by atomic mass is 10.5. The molecule has 58 heavy (non-hydrogen) atoms. The van der Waals surface area contributed by atoms with Gasteiger partial charge in [0.05, 0.1) is 31.2 Å². The molecule has 0 aliphatic heterocycles. The van der Waals surface area contributed by atoms with Crippen LogP contribution in [0.1, 0.15) is 0 Å². The number of nitrogens with one attached hydrogen (secondary N) is 2. The minimum atomic E-state index is 1.38. The van der Waals surface area contributed by atoms with E-state index in [9.17, 15) is 0 Å². The van der Waals surface area contributed by atoms with E-state index in [2.05, 4.69) is 77.6 Å². The molecule has 0 aliphatic carbocycles. The Kier molecular flexibility index (Phi) is 38.0. The number of nitrogens with zero attached hydrogens (tertiary/aromatic N) is 11. The molecule has 0 amide bonds. The highest BCUT2D eigenvalue weighted by Gasteiger charge is 1.64. The van der Waals surface area contributed by atoms with Gasteiger partial charge in [-0.25, -0.2) is 28.7 Å². The van der Waals surface area contributed by atoms with Crippen molar-refractivity contribution in [1.82, 2.24) is 64.2 Å². The SMILES string of the molecule is c1c[nH]cn1.c1ccncc1.c1ccnnc1.c1ccoc1.c1ccsc1.c1cn[nH]c1.c1cncnc1.c1cnoc1.c1cnsc1.c1cnsc1.c1cocn1. The van der Waals surface area contributed by atoms with E-state index in [0.717, 1.165) is 0 Å². The summed E-state index contributed by atoms with van der Waals surface area (Å²) in [5.74, 6) is 0. The Morgan fingerprint density at radius 3 is 1.28 bits per heavy atom. The molecule has 0 bridgehead atoms. The molecule has 11 aromatic heterocycles. The Bertz CT molecular complexity index is 1410. The number of oxazole rings is 1. The van der Waals surface area contributed by atoms with Crippen molar-refractivity contribution in [2.75, 3.05) is 0 Å². The number of aromatic amines is 2. The van der Waals surface area contributed by atoms with Gasteiger partial charge in [-0.3, -0.25) is 10.1 Å². The lowest BCUT2D eigenvalue weighted by Crippen LogP contribution is -1.69. The number of rotatable bonds is 0. The minimum absolute atomic E-state index is 1.38. The van der Waals surface area contributed by atoms with E-state index in [4.69, 9.17) is 0 Å². The van der Waals surface area contributed by atoms with Crippen LogP contribution in [-0.4, -0.2) is 64.2 Å². The molecular weight excluding hydrogens is 795 g/mol. The zero-order chi connectivity index (χ0) is 41.0. The third kappa shape index (κ3) is 42.8. The number of H-pyrrole nitrogens is 2. The van der Waals surface area contributed by atoms with Gasteiger partial charge in [-0.05, 0) is 101 Å². The van der Waals surface area contributed by atoms with Gasteiger partial charge < -0.3 is 18.3 Å². The molecule has 0 radical (unpaired) electrons. The Hall–Kier alpha value is -7.61. The second kappa shape index (κ2) is 45.5. The summed E-state index contributed by atoms with van der Waals surface area (Å²) in [6.45, 7) is 0. The zero-order valence-corrected chi connectivity index (χ0v) is 33.3. The van der Waals surface area contributed by atoms with Crippen molar-refractivity contribution >= 4 is 34.4 Å². The van der Waals surface area contributed by atoms with Crippen molar-refractivity contribution in [3.05, 3.63) is 237 Å². The monoisotopic (exact) mass is 835 g/mol. The Morgan fingerprint density at radius 1 is 0.414 bits per heavy atom. The third-order valence-corrected chi connectivity index (χ3v) is 6.25. The fourth-order valence-corrected chi connectivity index (χ4v) is 3.56. The van der Waals surface area contributed by atoms with Crippen LogP contribution in [0.2, 0.25) is 0 Å². The standard InChI is InChI=1S/C5H5N.2C4H4N2.C4H4O.C4H4S.2C3H4N2.2C3H3NO.2C3H3NS/c1-2-4-6-5-3-1;1-2-5-4-6-3-1;1-2-4-6-5-3-1;2*1-2-4-5-3-1;1-2-5-3-4-1;1-2-4-5-3-1;1-2-5-3-4-1;3*1-2-4-5-3-1/h1-5H;2*1-4H;2*1-4H;2*1-3H,(H,4,5);4*1-3H. The van der Waals surface area contributed by atoms with Crippen LogP contribution in [0.15, 0.2) is 251 Å². The number of furan rings is 1. The molecule has 0 atom stereocenters. The molecule has 0 saturated heterocycles. The Labute approximate surface area is 347 Å². The van der Waals surface area contributed by atoms with Crippen LogP contribution < -0.4 is 0 Å². The van der Waals surface area contributed by atoms with Crippen molar-refractivity contribution in [2.24, 2.45) is 0 Å². The predicted octanol–water partition coefficient (Wildman–Crippen LogP) is 9.52. The second-order valence-corrected chi connectivity index (χ2v) is 10.9. The summed E-state index contributed by atoms with van der Waals surface area (Å²) in [5.41, 5.74) is 0. The van der Waals surface area contributed by atoms with Crippen molar-refractivity contribution < 1.29 is 13.4 Å². The van der Waals surface area contributed by atoms with Crippen LogP contribution in [0.4, 0.5) is 0 Å². The first kappa shape index (κ1) is 48.4. The van der Waals surface area contributed by atoms with Gasteiger partial charge in [-0.15, -0.1) is 0 Å². The van der Waals surface area contributed by atoms with E-state index in [1.54, 1.807) is 129 Å². The number of imidazole rings is 1. The van der Waals surface area contributed by atoms with E-state index < -0.39 is 0 Å². The molecule has 2 N–H and O–H groups in total. The van der Waals surface area contributed by atoms with E-state index in [1.165, 1.54) is 48.3 Å². The molecule has 298 valence electrons. The van der Waals surface area contributed by atoms with Gasteiger partial charge >= 0.3 is 0 Å². The third-order valence-electron chi connectivity index (χ3n) is 4.58. The topological polar surface area (TPSA) is 213 Å². The quantitative estimate of drug-likeness (QED) is 0.146. The Balaban J connectivity index is 0.000000319. The van der Waals surface area contributed by atoms with Gasteiger partial charge in [0, 0.05) is 85.1 Å². The highest BCUT2D eigenvalue weighted by molar-refractivity contribution is 7.07. The van der Waals surface area contributed by atoms with Crippen LogP contribution >= 0.6 is 34.4 Å². The summed E-state index contributed by atoms with van der Waals surface area (Å²) in [6.07, 6.45) is 34.6. The van der Waals surface area contributed by atoms with E-state index in [1.807, 2.05) is 94.3 Å². The smallest absolute Gasteiger partial charge is 0.180 e. The number of hydrogen-bond donors (Lipinski definition) is 2. The summed E-state index contributed by atoms with van der Waals surface area (Å²) in [7, 11) is 0. The summed E-state index contributed by atoms with van der Waals surface area (Å²) < 4.78 is 20.9. The van der Waals surface area contributed by atoms with Gasteiger partial charge in [0.15, 0.2) is 6.39 Å². The van der Waals surface area contributed by atoms with E-state index in [0.29, 0.717) is 0 Å². The molecule has 0 unspecified atom stereocenters. The summed E-state index contributed by atoms with van der Waals surface area (Å²) in [6, 6.07) is 26.2. The maximum Gasteiger partial charge on any atom is 0.180 e. The van der Waals surface area contributed by atoms with Crippen molar-refractivity contribution in [3.63, 3.8) is 0 Å². The van der Waals surface area contributed by atoms with Crippen LogP contribution in [0.3, 0.4) is 0 Å². The lowest BCUT2D eigenvalue weighted by molar-refractivity contribution is 0.420. The highest BCUT2D eigenvalue weighted by Crippen LogP contribution is 1.91. The van der Waals surface area contributed by atoms with E-state index in [-0.39, 0.29) is 0 Å². The lowest BCUT2D eigenvalue weighted by Gasteiger charge is -1.70. The van der Waals surface area contributed by atoms with Crippen LogP contribution in [0.25, 0.3) is 0 Å². The molecule has 0 spiro atoms. The molecule has 11 rings (SSSR count). The summed E-state index contributed by atoms with van der Waals surface area (Å²) >= 11 is 4.64. The first-order valence-corrected chi connectivity index (χ1v) is 19.0. The van der Waals surface area contributed by atoms with Gasteiger partial charge in [-0.1, -0.05) is 23.4 Å². The van der Waals surface area contributed by atoms with Crippen molar-refractivity contribution in [1.29, 1.82) is 0 Å². The van der Waals surface area contributed by atoms with Gasteiger partial charge in [-0.2, -0.15) is 26.6 Å². The van der Waals surface area contributed by atoms with Gasteiger partial charge in [0.1, 0.15) is 18.9 Å². The van der Waals surface area contributed by atoms with Crippen LogP contribution in [0, 0.1) is 0 Å². The number of hydrogen-bond acceptors (Lipinski definition) is 17. The summed E-state index contributed by atoms with van der Waals surface area (Å²) in [4.78, 5) is 21.1. The minimum Gasteiger partial charge on any atom is -0.473 e. The van der Waals surface area contributed by atoms with Crippen LogP contribution in [-0.2, 0) is 0 Å². The molecule has 19 heteroatoms. The molecule has 16 nitrogen and oxygen atoms in total.